The molecule has 1 aliphatic rings. The van der Waals surface area contributed by atoms with Crippen LogP contribution in [0.15, 0.2) is 53.5 Å². The zero-order valence-corrected chi connectivity index (χ0v) is 21.5. The first-order chi connectivity index (χ1) is 15.2. The smallest absolute Gasteiger partial charge is 0.191 e. The third-order valence-electron chi connectivity index (χ3n) is 5.20. The SMILES string of the molecule is CCNC(=NCc1ccc(OCCOC)cc1)NC1CCN(c2ccccc2OC)C1.I. The molecule has 2 aromatic carbocycles. The molecule has 1 aliphatic heterocycles. The Hall–Kier alpha value is -2.20. The van der Waals surface area contributed by atoms with Gasteiger partial charge in [-0.1, -0.05) is 24.3 Å². The van der Waals surface area contributed by atoms with Gasteiger partial charge in [0.05, 0.1) is 25.9 Å². The predicted molar refractivity (Wildman–Crippen MR) is 141 cm³/mol. The normalized spacial score (nSPS) is 15.8. The Labute approximate surface area is 208 Å². The molecule has 2 N–H and O–H groups in total. The summed E-state index contributed by atoms with van der Waals surface area (Å²) in [5, 5.41) is 6.95. The summed E-state index contributed by atoms with van der Waals surface area (Å²) in [5.41, 5.74) is 2.28. The van der Waals surface area contributed by atoms with Crippen LogP contribution in [0.25, 0.3) is 0 Å². The largest absolute Gasteiger partial charge is 0.495 e. The molecule has 1 saturated heterocycles. The number of halogens is 1. The van der Waals surface area contributed by atoms with Crippen molar-refractivity contribution in [1.29, 1.82) is 0 Å². The molecule has 32 heavy (non-hydrogen) atoms. The number of ether oxygens (including phenoxy) is 3. The second-order valence-electron chi connectivity index (χ2n) is 7.43. The second kappa shape index (κ2) is 14.1. The van der Waals surface area contributed by atoms with Crippen molar-refractivity contribution in [3.05, 3.63) is 54.1 Å². The molecule has 0 amide bonds. The fourth-order valence-corrected chi connectivity index (χ4v) is 3.61. The van der Waals surface area contributed by atoms with Gasteiger partial charge in [-0.05, 0) is 43.2 Å². The number of aliphatic imine (C=N–C) groups is 1. The van der Waals surface area contributed by atoms with Crippen molar-refractivity contribution in [3.63, 3.8) is 0 Å². The topological polar surface area (TPSA) is 67.4 Å². The van der Waals surface area contributed by atoms with Crippen molar-refractivity contribution in [3.8, 4) is 11.5 Å². The number of guanidine groups is 1. The van der Waals surface area contributed by atoms with Crippen LogP contribution < -0.4 is 25.0 Å². The van der Waals surface area contributed by atoms with Crippen molar-refractivity contribution in [1.82, 2.24) is 10.6 Å². The summed E-state index contributed by atoms with van der Waals surface area (Å²) in [6, 6.07) is 16.6. The second-order valence-corrected chi connectivity index (χ2v) is 7.43. The number of para-hydroxylation sites is 2. The Bertz CT molecular complexity index is 832. The van der Waals surface area contributed by atoms with Gasteiger partial charge >= 0.3 is 0 Å². The molecule has 1 fully saturated rings. The number of hydrogen-bond donors (Lipinski definition) is 2. The summed E-state index contributed by atoms with van der Waals surface area (Å²) >= 11 is 0. The molecule has 0 bridgehead atoms. The lowest BCUT2D eigenvalue weighted by Gasteiger charge is -2.22. The first-order valence-corrected chi connectivity index (χ1v) is 10.9. The highest BCUT2D eigenvalue weighted by atomic mass is 127. The summed E-state index contributed by atoms with van der Waals surface area (Å²) in [5.74, 6) is 2.60. The van der Waals surface area contributed by atoms with E-state index in [4.69, 9.17) is 19.2 Å². The maximum Gasteiger partial charge on any atom is 0.191 e. The van der Waals surface area contributed by atoms with E-state index in [1.54, 1.807) is 14.2 Å². The van der Waals surface area contributed by atoms with E-state index in [-0.39, 0.29) is 24.0 Å². The van der Waals surface area contributed by atoms with Gasteiger partial charge in [-0.2, -0.15) is 0 Å². The Morgan fingerprint density at radius 3 is 2.59 bits per heavy atom. The molecule has 1 heterocycles. The average Bonchev–Trinajstić information content (AvgIpc) is 3.27. The number of benzene rings is 2. The number of nitrogens with one attached hydrogen (secondary N) is 2. The van der Waals surface area contributed by atoms with Gasteiger partial charge in [-0.25, -0.2) is 4.99 Å². The van der Waals surface area contributed by atoms with Crippen LogP contribution in [0.5, 0.6) is 11.5 Å². The van der Waals surface area contributed by atoms with Crippen LogP contribution in [0, 0.1) is 0 Å². The fourth-order valence-electron chi connectivity index (χ4n) is 3.61. The lowest BCUT2D eigenvalue weighted by molar-refractivity contribution is 0.146. The van der Waals surface area contributed by atoms with E-state index in [0.717, 1.165) is 54.8 Å². The van der Waals surface area contributed by atoms with Crippen molar-refractivity contribution < 1.29 is 14.2 Å². The van der Waals surface area contributed by atoms with Crippen LogP contribution in [0.1, 0.15) is 18.9 Å². The molecule has 1 unspecified atom stereocenters. The van der Waals surface area contributed by atoms with Gasteiger partial charge in [0.25, 0.3) is 0 Å². The first-order valence-electron chi connectivity index (χ1n) is 10.9. The van der Waals surface area contributed by atoms with Crippen LogP contribution in [0.3, 0.4) is 0 Å². The van der Waals surface area contributed by atoms with Crippen LogP contribution in [-0.2, 0) is 11.3 Å². The number of methoxy groups -OCH3 is 2. The van der Waals surface area contributed by atoms with Crippen molar-refractivity contribution in [2.45, 2.75) is 25.9 Å². The zero-order valence-electron chi connectivity index (χ0n) is 19.2. The first kappa shape index (κ1) is 26.1. The highest BCUT2D eigenvalue weighted by molar-refractivity contribution is 14.0. The van der Waals surface area contributed by atoms with E-state index < -0.39 is 0 Å². The standard InChI is InChI=1S/C24H34N4O3.HI/c1-4-25-24(26-17-19-9-11-21(12-10-19)31-16-15-29-2)27-20-13-14-28(18-20)22-7-5-6-8-23(22)30-3;/h5-12,20H,4,13-18H2,1-3H3,(H2,25,26,27);1H. The molecule has 0 spiro atoms. The third-order valence-corrected chi connectivity index (χ3v) is 5.20. The average molecular weight is 554 g/mol. The van der Waals surface area contributed by atoms with Crippen molar-refractivity contribution >= 4 is 35.6 Å². The molecule has 2 aromatic rings. The third kappa shape index (κ3) is 7.74. The van der Waals surface area contributed by atoms with Gasteiger partial charge in [0.15, 0.2) is 5.96 Å². The summed E-state index contributed by atoms with van der Waals surface area (Å²) in [4.78, 5) is 7.14. The zero-order chi connectivity index (χ0) is 21.9. The highest BCUT2D eigenvalue weighted by Crippen LogP contribution is 2.30. The lowest BCUT2D eigenvalue weighted by atomic mass is 10.2. The van der Waals surface area contributed by atoms with Gasteiger partial charge in [-0.15, -0.1) is 24.0 Å². The summed E-state index contributed by atoms with van der Waals surface area (Å²) in [6.07, 6.45) is 1.05. The van der Waals surface area contributed by atoms with E-state index in [1.807, 2.05) is 36.4 Å². The van der Waals surface area contributed by atoms with Crippen LogP contribution >= 0.6 is 24.0 Å². The Balaban J connectivity index is 0.00000363. The molecule has 0 radical (unpaired) electrons. The predicted octanol–water partition coefficient (Wildman–Crippen LogP) is 3.67. The molecule has 7 nitrogen and oxygen atoms in total. The molecule has 0 aromatic heterocycles. The quantitative estimate of drug-likeness (QED) is 0.202. The van der Waals surface area contributed by atoms with Gasteiger partial charge < -0.3 is 29.7 Å². The Kier molecular flexibility index (Phi) is 11.4. The highest BCUT2D eigenvalue weighted by Gasteiger charge is 2.25. The maximum atomic E-state index is 5.62. The molecule has 1 atom stereocenters. The van der Waals surface area contributed by atoms with Crippen LogP contribution in [-0.4, -0.2) is 59.1 Å². The number of anilines is 1. The van der Waals surface area contributed by atoms with Crippen molar-refractivity contribution in [2.24, 2.45) is 4.99 Å². The van der Waals surface area contributed by atoms with E-state index in [9.17, 15) is 0 Å². The molecule has 3 rings (SSSR count). The molecule has 176 valence electrons. The molecular weight excluding hydrogens is 519 g/mol. The molecule has 8 heteroatoms. The monoisotopic (exact) mass is 554 g/mol. The van der Waals surface area contributed by atoms with Crippen LogP contribution in [0.2, 0.25) is 0 Å². The summed E-state index contributed by atoms with van der Waals surface area (Å²) < 4.78 is 16.1. The van der Waals surface area contributed by atoms with E-state index in [2.05, 4.69) is 34.6 Å². The summed E-state index contributed by atoms with van der Waals surface area (Å²) in [7, 11) is 3.39. The van der Waals surface area contributed by atoms with Crippen molar-refractivity contribution in [2.75, 3.05) is 52.0 Å². The van der Waals surface area contributed by atoms with Gasteiger partial charge in [0, 0.05) is 32.8 Å². The maximum absolute atomic E-state index is 5.62. The molecule has 0 aliphatic carbocycles. The van der Waals surface area contributed by atoms with E-state index in [1.165, 1.54) is 0 Å². The minimum absolute atomic E-state index is 0. The Morgan fingerprint density at radius 1 is 1.09 bits per heavy atom. The number of hydrogen-bond acceptors (Lipinski definition) is 5. The molecule has 0 saturated carbocycles. The van der Waals surface area contributed by atoms with Gasteiger partial charge in [0.2, 0.25) is 0 Å². The minimum Gasteiger partial charge on any atom is -0.495 e. The Morgan fingerprint density at radius 2 is 1.88 bits per heavy atom. The van der Waals surface area contributed by atoms with E-state index >= 15 is 0 Å². The molecular formula is C24H35IN4O3. The summed E-state index contributed by atoms with van der Waals surface area (Å²) in [6.45, 7) is 6.55. The number of nitrogens with zero attached hydrogens (tertiary/aromatic N) is 2. The van der Waals surface area contributed by atoms with E-state index in [0.29, 0.717) is 25.8 Å². The minimum atomic E-state index is 0. The van der Waals surface area contributed by atoms with Gasteiger partial charge in [0.1, 0.15) is 18.1 Å². The lowest BCUT2D eigenvalue weighted by Crippen LogP contribution is -2.44. The fraction of sp³-hybridized carbons (Fsp3) is 0.458. The van der Waals surface area contributed by atoms with Gasteiger partial charge in [-0.3, -0.25) is 0 Å². The number of rotatable bonds is 10. The van der Waals surface area contributed by atoms with Crippen LogP contribution in [0.4, 0.5) is 5.69 Å².